The second-order valence-electron chi connectivity index (χ2n) is 4.22. The van der Waals surface area contributed by atoms with Crippen LogP contribution in [0.5, 0.6) is 0 Å². The Hall–Kier alpha value is -1.37. The minimum Gasteiger partial charge on any atom is -0.377 e. The molecule has 2 N–H and O–H groups in total. The second-order valence-corrected chi connectivity index (χ2v) is 6.42. The zero-order valence-corrected chi connectivity index (χ0v) is 14.5. The number of hydrogen-bond acceptors (Lipinski definition) is 3. The highest BCUT2D eigenvalue weighted by Gasteiger charge is 2.08. The minimum atomic E-state index is -0.484. The predicted octanol–water partition coefficient (Wildman–Crippen LogP) is 4.82. The monoisotopic (exact) mass is 399 g/mol. The Balaban J connectivity index is 1.97. The molecular weight excluding hydrogens is 389 g/mol. The van der Waals surface area contributed by atoms with E-state index in [1.54, 1.807) is 6.07 Å². The van der Waals surface area contributed by atoms with E-state index in [0.29, 0.717) is 15.9 Å². The van der Waals surface area contributed by atoms with Gasteiger partial charge in [0.05, 0.1) is 15.7 Å². The van der Waals surface area contributed by atoms with Gasteiger partial charge in [-0.3, -0.25) is 0 Å². The summed E-state index contributed by atoms with van der Waals surface area (Å²) in [5.41, 5.74) is 7.17. The fraction of sp³-hybridized carbons (Fsp3) is 0.0667. The largest absolute Gasteiger partial charge is 0.377 e. The summed E-state index contributed by atoms with van der Waals surface area (Å²) in [5, 5.41) is 8.25. The van der Waals surface area contributed by atoms with Crippen LogP contribution in [0.1, 0.15) is 11.1 Å². The van der Waals surface area contributed by atoms with Gasteiger partial charge < -0.3 is 5.73 Å². The molecule has 114 valence electrons. The number of halogens is 3. The predicted molar refractivity (Wildman–Crippen MR) is 96.1 cm³/mol. The van der Waals surface area contributed by atoms with Crippen LogP contribution in [0.4, 0.5) is 4.39 Å². The maximum absolute atomic E-state index is 13.8. The van der Waals surface area contributed by atoms with Crippen LogP contribution in [0.15, 0.2) is 57.1 Å². The molecule has 0 aliphatic heterocycles. The van der Waals surface area contributed by atoms with Crippen molar-refractivity contribution >= 4 is 50.7 Å². The molecule has 7 heteroatoms. The number of hydrogen-bond donors (Lipinski definition) is 1. The van der Waals surface area contributed by atoms with Crippen molar-refractivity contribution in [1.82, 2.24) is 0 Å². The van der Waals surface area contributed by atoms with Crippen LogP contribution >= 0.6 is 39.3 Å². The zero-order valence-electron chi connectivity index (χ0n) is 11.3. The lowest BCUT2D eigenvalue weighted by atomic mass is 10.2. The Kier molecular flexibility index (Phi) is 6.42. The summed E-state index contributed by atoms with van der Waals surface area (Å²) < 4.78 is 14.1. The van der Waals surface area contributed by atoms with Gasteiger partial charge in [-0.15, -0.1) is 5.10 Å². The molecule has 0 bridgehead atoms. The molecule has 0 radical (unpaired) electrons. The third kappa shape index (κ3) is 4.83. The smallest absolute Gasteiger partial charge is 0.180 e. The first kappa shape index (κ1) is 17.0. The van der Waals surface area contributed by atoms with E-state index in [2.05, 4.69) is 26.1 Å². The highest BCUT2D eigenvalue weighted by Crippen LogP contribution is 2.26. The molecule has 0 spiro atoms. The molecule has 0 fully saturated rings. The molecule has 0 saturated carbocycles. The third-order valence-electron chi connectivity index (χ3n) is 2.65. The first-order valence-corrected chi connectivity index (χ1v) is 8.40. The fourth-order valence-electron chi connectivity index (χ4n) is 1.55. The van der Waals surface area contributed by atoms with Gasteiger partial charge in [-0.1, -0.05) is 53.7 Å². The molecule has 0 amide bonds. The third-order valence-corrected chi connectivity index (χ3v) is 4.82. The number of benzene rings is 2. The average Bonchev–Trinajstić information content (AvgIpc) is 2.54. The van der Waals surface area contributed by atoms with E-state index in [4.69, 9.17) is 17.3 Å². The normalized spacial score (nSPS) is 12.0. The Morgan fingerprint density at radius 1 is 1.27 bits per heavy atom. The molecule has 0 aromatic heterocycles. The first-order valence-electron chi connectivity index (χ1n) is 6.24. The van der Waals surface area contributed by atoms with Gasteiger partial charge in [-0.25, -0.2) is 4.39 Å². The number of rotatable bonds is 4. The number of nitrogens with two attached hydrogens (primary N) is 1. The molecule has 2 rings (SSSR count). The van der Waals surface area contributed by atoms with Gasteiger partial charge in [0.15, 0.2) is 5.17 Å². The van der Waals surface area contributed by atoms with E-state index in [0.717, 1.165) is 5.56 Å². The number of amidine groups is 1. The highest BCUT2D eigenvalue weighted by molar-refractivity contribution is 9.10. The summed E-state index contributed by atoms with van der Waals surface area (Å²) >= 11 is 10.2. The molecule has 0 atom stereocenters. The zero-order chi connectivity index (χ0) is 15.9. The summed E-state index contributed by atoms with van der Waals surface area (Å²) in [5.74, 6) is 0.217. The summed E-state index contributed by atoms with van der Waals surface area (Å²) in [6, 6.07) is 13.0. The van der Waals surface area contributed by atoms with Crippen LogP contribution in [-0.2, 0) is 5.75 Å². The van der Waals surface area contributed by atoms with E-state index in [9.17, 15) is 4.39 Å². The van der Waals surface area contributed by atoms with Crippen LogP contribution in [0.3, 0.4) is 0 Å². The molecule has 0 saturated heterocycles. The van der Waals surface area contributed by atoms with Crippen LogP contribution in [0.25, 0.3) is 0 Å². The van der Waals surface area contributed by atoms with Crippen molar-refractivity contribution in [3.63, 3.8) is 0 Å². The topological polar surface area (TPSA) is 50.7 Å². The van der Waals surface area contributed by atoms with Crippen molar-refractivity contribution in [2.45, 2.75) is 5.75 Å². The Labute approximate surface area is 145 Å². The van der Waals surface area contributed by atoms with Gasteiger partial charge in [-0.2, -0.15) is 5.10 Å². The fourth-order valence-corrected chi connectivity index (χ4v) is 2.67. The SMILES string of the molecule is NC(=NN=Cc1ccc(Cl)c(Br)c1F)SCc1ccccc1. The van der Waals surface area contributed by atoms with Gasteiger partial charge in [0.1, 0.15) is 5.82 Å². The average molecular weight is 401 g/mol. The van der Waals surface area contributed by atoms with Crippen LogP contribution in [0, 0.1) is 5.82 Å². The second kappa shape index (κ2) is 8.31. The maximum atomic E-state index is 13.8. The molecule has 2 aromatic carbocycles. The van der Waals surface area contributed by atoms with E-state index in [1.165, 1.54) is 24.0 Å². The highest BCUT2D eigenvalue weighted by atomic mass is 79.9. The van der Waals surface area contributed by atoms with E-state index in [-0.39, 0.29) is 10.0 Å². The lowest BCUT2D eigenvalue weighted by Crippen LogP contribution is -2.06. The number of nitrogens with zero attached hydrogens (tertiary/aromatic N) is 2. The lowest BCUT2D eigenvalue weighted by molar-refractivity contribution is 0.619. The first-order chi connectivity index (χ1) is 10.6. The molecular formula is C15H12BrClFN3S. The van der Waals surface area contributed by atoms with Crippen molar-refractivity contribution in [3.8, 4) is 0 Å². The summed E-state index contributed by atoms with van der Waals surface area (Å²) in [7, 11) is 0. The molecule has 0 aliphatic rings. The molecule has 22 heavy (non-hydrogen) atoms. The van der Waals surface area contributed by atoms with E-state index < -0.39 is 5.82 Å². The molecule has 2 aromatic rings. The molecule has 3 nitrogen and oxygen atoms in total. The van der Waals surface area contributed by atoms with Crippen molar-refractivity contribution < 1.29 is 4.39 Å². The van der Waals surface area contributed by atoms with Gasteiger partial charge in [-0.05, 0) is 33.6 Å². The van der Waals surface area contributed by atoms with Crippen molar-refractivity contribution in [2.75, 3.05) is 0 Å². The van der Waals surface area contributed by atoms with Crippen LogP contribution in [-0.4, -0.2) is 11.4 Å². The van der Waals surface area contributed by atoms with Gasteiger partial charge in [0.25, 0.3) is 0 Å². The van der Waals surface area contributed by atoms with Gasteiger partial charge >= 0.3 is 0 Å². The standard InChI is InChI=1S/C15H12BrClFN3S/c16-13-12(17)7-6-11(14(13)18)8-20-21-15(19)22-9-10-4-2-1-3-5-10/h1-8H,9H2,(H2,19,21). The van der Waals surface area contributed by atoms with Gasteiger partial charge in [0.2, 0.25) is 0 Å². The summed E-state index contributed by atoms with van der Waals surface area (Å²) in [6.45, 7) is 0. The maximum Gasteiger partial charge on any atom is 0.180 e. The Morgan fingerprint density at radius 3 is 2.73 bits per heavy atom. The van der Waals surface area contributed by atoms with Crippen molar-refractivity contribution in [3.05, 3.63) is 68.9 Å². The van der Waals surface area contributed by atoms with Crippen LogP contribution in [0.2, 0.25) is 5.02 Å². The van der Waals surface area contributed by atoms with E-state index in [1.807, 2.05) is 30.3 Å². The molecule has 0 aliphatic carbocycles. The molecule has 0 unspecified atom stereocenters. The number of thioether (sulfide) groups is 1. The lowest BCUT2D eigenvalue weighted by Gasteiger charge is -2.01. The quantitative estimate of drug-likeness (QED) is 0.346. The Bertz CT molecular complexity index is 707. The summed E-state index contributed by atoms with van der Waals surface area (Å²) in [6.07, 6.45) is 1.30. The van der Waals surface area contributed by atoms with Crippen LogP contribution < -0.4 is 5.73 Å². The van der Waals surface area contributed by atoms with Gasteiger partial charge in [0, 0.05) is 11.3 Å². The van der Waals surface area contributed by atoms with Crippen molar-refractivity contribution in [1.29, 1.82) is 0 Å². The molecule has 0 heterocycles. The Morgan fingerprint density at radius 2 is 2.00 bits per heavy atom. The minimum absolute atomic E-state index is 0.202. The summed E-state index contributed by atoms with van der Waals surface area (Å²) in [4.78, 5) is 0. The van der Waals surface area contributed by atoms with Crippen molar-refractivity contribution in [2.24, 2.45) is 15.9 Å². The van der Waals surface area contributed by atoms with E-state index >= 15 is 0 Å².